The second-order valence-electron chi connectivity index (χ2n) is 11.2. The van der Waals surface area contributed by atoms with Gasteiger partial charge in [0.2, 0.25) is 0 Å². The quantitative estimate of drug-likeness (QED) is 0.197. The summed E-state index contributed by atoms with van der Waals surface area (Å²) in [5, 5.41) is 0. The monoisotopic (exact) mass is 594 g/mol. The van der Waals surface area contributed by atoms with Gasteiger partial charge in [-0.05, 0) is 0 Å². The van der Waals surface area contributed by atoms with Crippen molar-refractivity contribution in [1.29, 1.82) is 0 Å². The third kappa shape index (κ3) is 4.25. The summed E-state index contributed by atoms with van der Waals surface area (Å²) in [6, 6.07) is 35.6. The van der Waals surface area contributed by atoms with Gasteiger partial charge in [-0.2, -0.15) is 0 Å². The molecule has 2 heteroatoms. The zero-order valence-electron chi connectivity index (χ0n) is 23.5. The first-order valence-electron chi connectivity index (χ1n) is 14.1. The van der Waals surface area contributed by atoms with Crippen molar-refractivity contribution in [3.05, 3.63) is 148 Å². The molecule has 0 amide bonds. The normalized spacial score (nSPS) is 17.3. The molecule has 0 N–H and O–H groups in total. The van der Waals surface area contributed by atoms with Crippen molar-refractivity contribution < 1.29 is 27.7 Å². The Morgan fingerprint density at radius 3 is 1.65 bits per heavy atom. The summed E-state index contributed by atoms with van der Waals surface area (Å²) in [7, 11) is 0. The maximum atomic E-state index is 6.30. The van der Waals surface area contributed by atoms with Gasteiger partial charge in [0.05, 0.1) is 0 Å². The molecule has 40 heavy (non-hydrogen) atoms. The molecule has 2 aliphatic rings. The van der Waals surface area contributed by atoms with Gasteiger partial charge in [0.15, 0.2) is 0 Å². The van der Waals surface area contributed by atoms with Crippen LogP contribution in [-0.2, 0) is 23.2 Å². The summed E-state index contributed by atoms with van der Waals surface area (Å²) in [4.78, 5) is 0. The second kappa shape index (κ2) is 10.2. The number of benzene rings is 4. The fourth-order valence-electron chi connectivity index (χ4n) is 6.61. The van der Waals surface area contributed by atoms with Gasteiger partial charge >= 0.3 is 250 Å². The molecule has 1 nitrogen and oxygen atoms in total. The van der Waals surface area contributed by atoms with E-state index in [0.717, 1.165) is 11.5 Å². The van der Waals surface area contributed by atoms with E-state index >= 15 is 0 Å². The predicted octanol–water partition coefficient (Wildman–Crippen LogP) is 10.4. The Morgan fingerprint density at radius 2 is 1.10 bits per heavy atom. The maximum absolute atomic E-state index is 6.30. The van der Waals surface area contributed by atoms with Crippen molar-refractivity contribution in [2.75, 3.05) is 0 Å². The van der Waals surface area contributed by atoms with E-state index in [2.05, 4.69) is 130 Å². The summed E-state index contributed by atoms with van der Waals surface area (Å²) in [5.74, 6) is 2.01. The van der Waals surface area contributed by atoms with Crippen LogP contribution in [0.15, 0.2) is 107 Å². The average Bonchev–Trinajstić information content (AvgIpc) is 3.65. The van der Waals surface area contributed by atoms with Crippen LogP contribution in [0, 0.1) is 20.8 Å². The molecule has 5 aromatic rings. The van der Waals surface area contributed by atoms with Crippen molar-refractivity contribution in [2.24, 2.45) is 0 Å². The molecule has 0 aliphatic heterocycles. The third-order valence-corrected chi connectivity index (χ3v) is 13.6. The van der Waals surface area contributed by atoms with Crippen molar-refractivity contribution >= 4 is 17.7 Å². The molecule has 0 saturated carbocycles. The average molecular weight is 596 g/mol. The van der Waals surface area contributed by atoms with Crippen molar-refractivity contribution in [3.63, 3.8) is 0 Å². The zero-order valence-corrected chi connectivity index (χ0v) is 25.9. The molecule has 0 fully saturated rings. The Morgan fingerprint density at radius 1 is 0.550 bits per heavy atom. The number of hydrogen-bond acceptors (Lipinski definition) is 1. The number of fused-ring (bicyclic) bond motifs is 2. The molecular formula is C38H32OZr. The Kier molecular flexibility index (Phi) is 6.48. The van der Waals surface area contributed by atoms with Crippen molar-refractivity contribution in [3.8, 4) is 22.3 Å². The van der Waals surface area contributed by atoms with Crippen molar-refractivity contribution in [1.82, 2.24) is 0 Å². The summed E-state index contributed by atoms with van der Waals surface area (Å²) in [6.45, 7) is 8.90. The first-order chi connectivity index (χ1) is 19.5. The van der Waals surface area contributed by atoms with Crippen LogP contribution < -0.4 is 0 Å². The summed E-state index contributed by atoms with van der Waals surface area (Å²) in [5.41, 5.74) is 16.7. The second-order valence-corrected chi connectivity index (χ2v) is 14.8. The van der Waals surface area contributed by atoms with Gasteiger partial charge in [-0.15, -0.1) is 0 Å². The molecule has 0 saturated heterocycles. The van der Waals surface area contributed by atoms with Crippen LogP contribution in [0.2, 0.25) is 0 Å². The SMILES string of the molecule is CC1=Cc2c(ccc(C)c2-c2ccccc2)[CH]1[Zr][CH]1C(c2ccc(C)o2)=Cc2c1ccc(C)c2-c1ccccc1. The van der Waals surface area contributed by atoms with Gasteiger partial charge in [0.25, 0.3) is 0 Å². The van der Waals surface area contributed by atoms with E-state index in [1.165, 1.54) is 66.8 Å². The van der Waals surface area contributed by atoms with Gasteiger partial charge in [-0.1, -0.05) is 0 Å². The van der Waals surface area contributed by atoms with Gasteiger partial charge in [-0.25, -0.2) is 0 Å². The number of hydrogen-bond donors (Lipinski definition) is 0. The van der Waals surface area contributed by atoms with Gasteiger partial charge in [0.1, 0.15) is 0 Å². The van der Waals surface area contributed by atoms with Gasteiger partial charge in [0, 0.05) is 0 Å². The molecule has 194 valence electrons. The van der Waals surface area contributed by atoms with E-state index in [4.69, 9.17) is 4.42 Å². The van der Waals surface area contributed by atoms with Crippen LogP contribution in [-0.4, -0.2) is 0 Å². The van der Waals surface area contributed by atoms with E-state index < -0.39 is 23.2 Å². The number of allylic oxidation sites excluding steroid dienone is 2. The van der Waals surface area contributed by atoms with Crippen LogP contribution in [0.5, 0.6) is 0 Å². The minimum absolute atomic E-state index is 0.424. The molecule has 1 aromatic heterocycles. The summed E-state index contributed by atoms with van der Waals surface area (Å²) in [6.07, 6.45) is 4.94. The first kappa shape index (κ1) is 25.5. The number of furan rings is 1. The van der Waals surface area contributed by atoms with E-state index in [0.29, 0.717) is 7.25 Å². The minimum atomic E-state index is -1.08. The Hall–Kier alpha value is -3.48. The predicted molar refractivity (Wildman–Crippen MR) is 164 cm³/mol. The number of rotatable bonds is 5. The molecule has 2 aliphatic carbocycles. The molecule has 0 bridgehead atoms. The fourth-order valence-corrected chi connectivity index (χ4v) is 11.4. The van der Waals surface area contributed by atoms with Crippen LogP contribution >= 0.6 is 0 Å². The van der Waals surface area contributed by atoms with E-state index in [9.17, 15) is 0 Å². The van der Waals surface area contributed by atoms with E-state index in [1.54, 1.807) is 0 Å². The van der Waals surface area contributed by atoms with Crippen LogP contribution in [0.3, 0.4) is 0 Å². The molecule has 7 rings (SSSR count). The van der Waals surface area contributed by atoms with Crippen LogP contribution in [0.25, 0.3) is 40.0 Å². The van der Waals surface area contributed by atoms with E-state index in [1.807, 2.05) is 6.92 Å². The Balaban J connectivity index is 1.36. The standard InChI is InChI=1S/C21H17O.C17H15.Zr/c1-14-8-10-17-12-18(20-11-9-15(2)22-20)13-19(17)21(14)16-6-4-3-5-7-16;1-12-10-15-9-8-13(2)17(16(15)11-12)14-6-4-3-5-7-14;/h3-13H,1-2H3;3-11H,1-2H3;. The topological polar surface area (TPSA) is 13.1 Å². The zero-order chi connectivity index (χ0) is 27.4. The summed E-state index contributed by atoms with van der Waals surface area (Å²) >= 11 is -1.08. The molecule has 0 spiro atoms. The van der Waals surface area contributed by atoms with Crippen LogP contribution in [0.4, 0.5) is 0 Å². The third-order valence-electron chi connectivity index (χ3n) is 8.52. The van der Waals surface area contributed by atoms with E-state index in [-0.39, 0.29) is 0 Å². The van der Waals surface area contributed by atoms with Crippen LogP contribution in [0.1, 0.15) is 59.1 Å². The number of aryl methyl sites for hydroxylation is 3. The first-order valence-corrected chi connectivity index (χ1v) is 16.9. The Bertz CT molecular complexity index is 1800. The molecular weight excluding hydrogens is 564 g/mol. The van der Waals surface area contributed by atoms with Crippen molar-refractivity contribution in [2.45, 2.75) is 34.9 Å². The molecule has 0 radical (unpaired) electrons. The molecule has 1 heterocycles. The molecule has 2 unspecified atom stereocenters. The molecule has 4 aromatic carbocycles. The summed E-state index contributed by atoms with van der Waals surface area (Å²) < 4.78 is 7.25. The Labute approximate surface area is 248 Å². The fraction of sp³-hybridized carbons (Fsp3) is 0.158. The van der Waals surface area contributed by atoms with Gasteiger partial charge in [-0.3, -0.25) is 0 Å². The molecule has 2 atom stereocenters. The van der Waals surface area contributed by atoms with Gasteiger partial charge < -0.3 is 0 Å².